The van der Waals surface area contributed by atoms with Gasteiger partial charge >= 0.3 is 12.1 Å². The summed E-state index contributed by atoms with van der Waals surface area (Å²) in [6.45, 7) is 9.78. The van der Waals surface area contributed by atoms with E-state index in [4.69, 9.17) is 0 Å². The summed E-state index contributed by atoms with van der Waals surface area (Å²) in [5.41, 5.74) is -2.53. The number of alkyl halides is 3. The largest absolute Gasteiger partial charge is 0.481 e. The summed E-state index contributed by atoms with van der Waals surface area (Å²) < 4.78 is 90.0. The molecule has 2 N–H and O–H groups in total. The molecule has 0 saturated heterocycles. The Bertz CT molecular complexity index is 1780. The molecule has 1 heterocycles. The average molecular weight is 696 g/mol. The van der Waals surface area contributed by atoms with Gasteiger partial charge in [-0.05, 0) is 113 Å². The molecule has 0 unspecified atom stereocenters. The van der Waals surface area contributed by atoms with Gasteiger partial charge in [0.1, 0.15) is 23.5 Å². The van der Waals surface area contributed by atoms with Crippen LogP contribution in [0.4, 0.5) is 26.3 Å². The van der Waals surface area contributed by atoms with Gasteiger partial charge in [-0.15, -0.1) is 0 Å². The highest BCUT2D eigenvalue weighted by atomic mass is 19.4. The minimum atomic E-state index is -4.84. The molecule has 0 fully saturated rings. The van der Waals surface area contributed by atoms with Crippen molar-refractivity contribution < 1.29 is 41.0 Å². The summed E-state index contributed by atoms with van der Waals surface area (Å²) >= 11 is 0. The fourth-order valence-electron chi connectivity index (χ4n) is 6.21. The molecule has 3 aromatic rings. The number of hydrogen-bond donors (Lipinski definition) is 2. The lowest BCUT2D eigenvalue weighted by Crippen LogP contribution is -2.41. The van der Waals surface area contributed by atoms with Crippen molar-refractivity contribution in [2.45, 2.75) is 85.5 Å². The normalized spacial score (nSPS) is 13.2. The number of carboxylic acid groups (broad SMARTS) is 1. The number of pyridine rings is 1. The van der Waals surface area contributed by atoms with Gasteiger partial charge in [-0.2, -0.15) is 13.2 Å². The number of halogens is 6. The van der Waals surface area contributed by atoms with Crippen LogP contribution in [-0.2, 0) is 22.2 Å². The molecule has 49 heavy (non-hydrogen) atoms. The monoisotopic (exact) mass is 695 g/mol. The number of nitrogens with zero attached hydrogens (tertiary/aromatic N) is 2. The van der Waals surface area contributed by atoms with E-state index in [0.29, 0.717) is 30.2 Å². The summed E-state index contributed by atoms with van der Waals surface area (Å²) in [7, 11) is 3.51. The first-order valence-corrected chi connectivity index (χ1v) is 15.9. The maximum Gasteiger partial charge on any atom is 0.416 e. The number of hydrogen-bond acceptors (Lipinski definition) is 4. The zero-order valence-electron chi connectivity index (χ0n) is 28.9. The van der Waals surface area contributed by atoms with E-state index in [0.717, 1.165) is 10.8 Å². The number of amides is 1. The Hall–Kier alpha value is -4.13. The lowest BCUT2D eigenvalue weighted by molar-refractivity contribution is -0.139. The van der Waals surface area contributed by atoms with Crippen molar-refractivity contribution in [2.75, 3.05) is 20.6 Å². The van der Waals surface area contributed by atoms with Crippen molar-refractivity contribution in [2.24, 2.45) is 5.92 Å². The lowest BCUT2D eigenvalue weighted by atomic mass is 9.88. The zero-order valence-corrected chi connectivity index (χ0v) is 28.9. The van der Waals surface area contributed by atoms with Gasteiger partial charge < -0.3 is 19.9 Å². The van der Waals surface area contributed by atoms with Gasteiger partial charge in [0, 0.05) is 23.4 Å². The molecule has 2 atom stereocenters. The Labute approximate surface area is 281 Å². The predicted octanol–water partition coefficient (Wildman–Crippen LogP) is 7.60. The van der Waals surface area contributed by atoms with Crippen LogP contribution in [-0.4, -0.2) is 47.1 Å². The van der Waals surface area contributed by atoms with E-state index in [1.54, 1.807) is 39.8 Å². The van der Waals surface area contributed by atoms with Crippen molar-refractivity contribution in [3.63, 3.8) is 0 Å². The topological polar surface area (TPSA) is 91.6 Å². The number of nitrogens with one attached hydrogen (secondary N) is 1. The minimum absolute atomic E-state index is 0.0636. The van der Waals surface area contributed by atoms with Crippen molar-refractivity contribution >= 4 is 11.9 Å². The van der Waals surface area contributed by atoms with Gasteiger partial charge in [-0.25, -0.2) is 13.2 Å². The van der Waals surface area contributed by atoms with E-state index in [-0.39, 0.29) is 46.6 Å². The Kier molecular flexibility index (Phi) is 12.5. The Morgan fingerprint density at radius 1 is 0.939 bits per heavy atom. The molecule has 0 aliphatic carbocycles. The Balaban J connectivity index is 2.20. The third kappa shape index (κ3) is 9.11. The fourth-order valence-corrected chi connectivity index (χ4v) is 6.21. The van der Waals surface area contributed by atoms with E-state index >= 15 is 8.78 Å². The zero-order chi connectivity index (χ0) is 37.1. The van der Waals surface area contributed by atoms with E-state index in [1.165, 1.54) is 32.9 Å². The van der Waals surface area contributed by atoms with Crippen LogP contribution in [0.3, 0.4) is 0 Å². The number of rotatable bonds is 13. The van der Waals surface area contributed by atoms with E-state index in [9.17, 15) is 37.1 Å². The number of carbonyl (C=O) groups is 2. The summed E-state index contributed by atoms with van der Waals surface area (Å²) in [4.78, 5) is 40.9. The molecule has 0 spiro atoms. The molecule has 0 radical (unpaired) electrons. The molecule has 7 nitrogen and oxygen atoms in total. The molecule has 0 aliphatic heterocycles. The predicted molar refractivity (Wildman–Crippen MR) is 175 cm³/mol. The van der Waals surface area contributed by atoms with Crippen molar-refractivity contribution in [3.8, 4) is 11.1 Å². The molecule has 268 valence electrons. The molecule has 1 aromatic heterocycles. The molecule has 0 aliphatic rings. The first-order chi connectivity index (χ1) is 22.6. The standard InChI is InChI=1S/C36H43F6N3O4/c1-18(2)12-27(45-17-23(10-9-11-44(7)8)25(15-28(45)46)36(40,41)42)35(49)43-26(16-29(47)48)31-33(38)21(5)14-24(34(31)39)30-19(3)13-20(4)32(37)22(30)6/h13-15,17-18,26-27H,9-12,16H2,1-8H3,(H,43,49)(H,47,48)/t26-,27-/m0/s1. The number of carboxylic acids is 1. The number of carbonyl (C=O) groups excluding carboxylic acids is 1. The maximum absolute atomic E-state index is 16.5. The fraction of sp³-hybridized carbons (Fsp3) is 0.472. The van der Waals surface area contributed by atoms with Crippen LogP contribution in [0.25, 0.3) is 11.1 Å². The summed E-state index contributed by atoms with van der Waals surface area (Å²) in [6, 6.07) is -0.153. The summed E-state index contributed by atoms with van der Waals surface area (Å²) in [6.07, 6.45) is -4.65. The lowest BCUT2D eigenvalue weighted by Gasteiger charge is -2.27. The van der Waals surface area contributed by atoms with Crippen LogP contribution in [0.5, 0.6) is 0 Å². The molecule has 1 amide bonds. The van der Waals surface area contributed by atoms with Gasteiger partial charge in [-0.1, -0.05) is 19.9 Å². The summed E-state index contributed by atoms with van der Waals surface area (Å²) in [5, 5.41) is 12.1. The van der Waals surface area contributed by atoms with Crippen LogP contribution in [0.2, 0.25) is 0 Å². The number of aromatic nitrogens is 1. The van der Waals surface area contributed by atoms with E-state index < -0.39 is 70.7 Å². The van der Waals surface area contributed by atoms with Crippen LogP contribution >= 0.6 is 0 Å². The molecule has 2 aromatic carbocycles. The van der Waals surface area contributed by atoms with Crippen LogP contribution in [0.15, 0.2) is 29.2 Å². The Morgan fingerprint density at radius 2 is 1.55 bits per heavy atom. The third-order valence-corrected chi connectivity index (χ3v) is 8.46. The third-order valence-electron chi connectivity index (χ3n) is 8.46. The maximum atomic E-state index is 16.5. The van der Waals surface area contributed by atoms with Gasteiger partial charge in [0.05, 0.1) is 18.0 Å². The average Bonchev–Trinajstić information content (AvgIpc) is 2.97. The summed E-state index contributed by atoms with van der Waals surface area (Å²) in [5.74, 6) is -5.77. The van der Waals surface area contributed by atoms with Crippen LogP contribution in [0, 0.1) is 51.1 Å². The second-order valence-corrected chi connectivity index (χ2v) is 13.3. The molecule has 0 bridgehead atoms. The van der Waals surface area contributed by atoms with Gasteiger partial charge in [0.25, 0.3) is 5.56 Å². The van der Waals surface area contributed by atoms with E-state index in [1.807, 2.05) is 0 Å². The number of aliphatic carboxylic acids is 1. The highest BCUT2D eigenvalue weighted by Gasteiger charge is 2.36. The molecule has 13 heteroatoms. The van der Waals surface area contributed by atoms with Gasteiger partial charge in [-0.3, -0.25) is 14.4 Å². The highest BCUT2D eigenvalue weighted by molar-refractivity contribution is 5.82. The van der Waals surface area contributed by atoms with Crippen molar-refractivity contribution in [3.05, 3.63) is 91.1 Å². The minimum Gasteiger partial charge on any atom is -0.481 e. The number of aryl methyl sites for hydroxylation is 4. The second kappa shape index (κ2) is 15.6. The van der Waals surface area contributed by atoms with Gasteiger partial charge in [0.2, 0.25) is 5.91 Å². The molecule has 3 rings (SSSR count). The second-order valence-electron chi connectivity index (χ2n) is 13.3. The van der Waals surface area contributed by atoms with E-state index in [2.05, 4.69) is 5.32 Å². The van der Waals surface area contributed by atoms with Gasteiger partial charge in [0.15, 0.2) is 0 Å². The quantitative estimate of drug-likeness (QED) is 0.180. The molecular formula is C36H43F6N3O4. The van der Waals surface area contributed by atoms with Crippen molar-refractivity contribution in [1.82, 2.24) is 14.8 Å². The SMILES string of the molecule is Cc1cc(C)c(-c2cc(C)c(F)c([C@H](CC(=O)O)NC(=O)[C@H](CC(C)C)n3cc(CCCN(C)C)c(C(F)(F)F)cc3=O)c2F)c(C)c1F. The first-order valence-electron chi connectivity index (χ1n) is 15.9. The van der Waals surface area contributed by atoms with Crippen molar-refractivity contribution in [1.29, 1.82) is 0 Å². The molecule has 0 saturated carbocycles. The molecular weight excluding hydrogens is 652 g/mol. The van der Waals surface area contributed by atoms with Crippen LogP contribution in [0.1, 0.15) is 84.1 Å². The Morgan fingerprint density at radius 3 is 2.10 bits per heavy atom. The smallest absolute Gasteiger partial charge is 0.416 e. The van der Waals surface area contributed by atoms with Crippen LogP contribution < -0.4 is 10.9 Å². The highest BCUT2D eigenvalue weighted by Crippen LogP contribution is 2.38. The first kappa shape index (κ1) is 39.3. The number of benzene rings is 2.